The lowest BCUT2D eigenvalue weighted by atomic mass is 10.0. The molecule has 13 heavy (non-hydrogen) atoms. The Labute approximate surface area is 85.8 Å². The topological polar surface area (TPSA) is 9.23 Å². The smallest absolute Gasteiger partial charge is 0.0639 e. The largest absolute Gasteiger partial charge is 0.376 e. The van der Waals surface area contributed by atoms with E-state index in [-0.39, 0.29) is 0 Å². The predicted octanol–water partition coefficient (Wildman–Crippen LogP) is 3.21. The summed E-state index contributed by atoms with van der Waals surface area (Å²) in [6.45, 7) is 0.749. The molecule has 1 nitrogen and oxygen atoms in total. The van der Waals surface area contributed by atoms with Gasteiger partial charge in [0.15, 0.2) is 0 Å². The second-order valence-electron chi connectivity index (χ2n) is 4.34. The second kappa shape index (κ2) is 4.65. The second-order valence-corrected chi connectivity index (χ2v) is 4.72. The lowest BCUT2D eigenvalue weighted by molar-refractivity contribution is 0.113. The quantitative estimate of drug-likeness (QED) is 0.639. The molecule has 2 rings (SSSR count). The lowest BCUT2D eigenvalue weighted by Crippen LogP contribution is -2.01. The zero-order valence-electron chi connectivity index (χ0n) is 8.18. The van der Waals surface area contributed by atoms with E-state index in [1.165, 1.54) is 38.5 Å². The molecule has 0 radical (unpaired) electrons. The fourth-order valence-electron chi connectivity index (χ4n) is 2.71. The minimum Gasteiger partial charge on any atom is -0.376 e. The van der Waals surface area contributed by atoms with Crippen LogP contribution in [0.2, 0.25) is 0 Å². The Kier molecular flexibility index (Phi) is 3.51. The van der Waals surface area contributed by atoms with Crippen LogP contribution in [0.4, 0.5) is 0 Å². The van der Waals surface area contributed by atoms with E-state index >= 15 is 0 Å². The zero-order valence-corrected chi connectivity index (χ0v) is 8.93. The molecule has 2 fully saturated rings. The van der Waals surface area contributed by atoms with Crippen molar-refractivity contribution >= 4 is 11.6 Å². The first-order valence-corrected chi connectivity index (χ1v) is 6.14. The van der Waals surface area contributed by atoms with Gasteiger partial charge >= 0.3 is 0 Å². The van der Waals surface area contributed by atoms with Crippen molar-refractivity contribution in [2.75, 3.05) is 12.5 Å². The fourth-order valence-corrected chi connectivity index (χ4v) is 2.80. The summed E-state index contributed by atoms with van der Waals surface area (Å²) in [6, 6.07) is 0. The van der Waals surface area contributed by atoms with Gasteiger partial charge in [0.05, 0.1) is 12.7 Å². The Bertz CT molecular complexity index is 146. The summed E-state index contributed by atoms with van der Waals surface area (Å²) in [5.41, 5.74) is 0. The summed E-state index contributed by atoms with van der Waals surface area (Å²) in [6.07, 6.45) is 9.09. The molecular weight excluding hydrogens is 184 g/mol. The van der Waals surface area contributed by atoms with Crippen molar-refractivity contribution in [2.24, 2.45) is 11.8 Å². The van der Waals surface area contributed by atoms with Crippen molar-refractivity contribution in [1.82, 2.24) is 0 Å². The molecule has 1 unspecified atom stereocenters. The van der Waals surface area contributed by atoms with Gasteiger partial charge in [0, 0.05) is 5.88 Å². The summed E-state index contributed by atoms with van der Waals surface area (Å²) in [5, 5.41) is 0. The third-order valence-electron chi connectivity index (χ3n) is 3.47. The molecule has 76 valence electrons. The summed E-state index contributed by atoms with van der Waals surface area (Å²) >= 11 is 5.61. The Morgan fingerprint density at radius 1 is 1.00 bits per heavy atom. The molecule has 0 saturated heterocycles. The number of rotatable bonds is 3. The van der Waals surface area contributed by atoms with Crippen molar-refractivity contribution in [2.45, 2.75) is 44.6 Å². The van der Waals surface area contributed by atoms with E-state index in [2.05, 4.69) is 0 Å². The molecule has 0 bridgehead atoms. The highest BCUT2D eigenvalue weighted by atomic mass is 35.5. The first-order valence-electron chi connectivity index (χ1n) is 5.61. The molecule has 0 heterocycles. The van der Waals surface area contributed by atoms with E-state index in [0.29, 0.717) is 12.0 Å². The summed E-state index contributed by atoms with van der Waals surface area (Å²) < 4.78 is 5.73. The van der Waals surface area contributed by atoms with E-state index < -0.39 is 0 Å². The van der Waals surface area contributed by atoms with Gasteiger partial charge in [0.1, 0.15) is 0 Å². The number of hydrogen-bond donors (Lipinski definition) is 0. The standard InChI is InChI=1S/C11H19ClO/c12-7-8-13-11-9-5-3-1-2-4-6-10(9)11/h9-11H,1-8H2/t9-,10+,11?. The number of fused-ring (bicyclic) bond motifs is 1. The average molecular weight is 203 g/mol. The Balaban J connectivity index is 1.74. The van der Waals surface area contributed by atoms with Crippen LogP contribution in [0, 0.1) is 11.8 Å². The molecule has 0 aromatic rings. The van der Waals surface area contributed by atoms with Crippen LogP contribution in [-0.2, 0) is 4.74 Å². The number of hydrogen-bond acceptors (Lipinski definition) is 1. The molecule has 0 aromatic carbocycles. The van der Waals surface area contributed by atoms with Crippen LogP contribution in [0.1, 0.15) is 38.5 Å². The van der Waals surface area contributed by atoms with Gasteiger partial charge in [-0.25, -0.2) is 0 Å². The maximum atomic E-state index is 5.73. The van der Waals surface area contributed by atoms with Gasteiger partial charge in [-0.2, -0.15) is 0 Å². The SMILES string of the molecule is ClCCOC1[C@H]2CCCCCC[C@@H]12. The summed E-state index contributed by atoms with van der Waals surface area (Å²) in [7, 11) is 0. The fraction of sp³-hybridized carbons (Fsp3) is 1.00. The highest BCUT2D eigenvalue weighted by molar-refractivity contribution is 6.17. The number of ether oxygens (including phenoxy) is 1. The molecular formula is C11H19ClO. The van der Waals surface area contributed by atoms with Crippen LogP contribution in [0.5, 0.6) is 0 Å². The van der Waals surface area contributed by atoms with Crippen LogP contribution in [0.15, 0.2) is 0 Å². The van der Waals surface area contributed by atoms with Crippen LogP contribution < -0.4 is 0 Å². The van der Waals surface area contributed by atoms with E-state index in [1.807, 2.05) is 0 Å². The van der Waals surface area contributed by atoms with Gasteiger partial charge in [0.2, 0.25) is 0 Å². The van der Waals surface area contributed by atoms with E-state index in [1.54, 1.807) is 0 Å². The molecule has 0 spiro atoms. The van der Waals surface area contributed by atoms with Gasteiger partial charge in [-0.3, -0.25) is 0 Å². The van der Waals surface area contributed by atoms with Crippen LogP contribution in [0.25, 0.3) is 0 Å². The normalized spacial score (nSPS) is 39.0. The molecule has 2 aliphatic rings. The predicted molar refractivity (Wildman–Crippen MR) is 55.1 cm³/mol. The maximum absolute atomic E-state index is 5.73. The molecule has 3 atom stereocenters. The third kappa shape index (κ3) is 2.38. The van der Waals surface area contributed by atoms with Crippen molar-refractivity contribution in [3.63, 3.8) is 0 Å². The summed E-state index contributed by atoms with van der Waals surface area (Å²) in [4.78, 5) is 0. The lowest BCUT2D eigenvalue weighted by Gasteiger charge is -2.04. The number of halogens is 1. The molecule has 2 saturated carbocycles. The van der Waals surface area contributed by atoms with E-state index in [0.717, 1.165) is 18.4 Å². The molecule has 2 aliphatic carbocycles. The van der Waals surface area contributed by atoms with E-state index in [4.69, 9.17) is 16.3 Å². The monoisotopic (exact) mass is 202 g/mol. The molecule has 0 N–H and O–H groups in total. The van der Waals surface area contributed by atoms with Gasteiger partial charge < -0.3 is 4.74 Å². The third-order valence-corrected chi connectivity index (χ3v) is 3.62. The average Bonchev–Trinajstić information content (AvgIpc) is 2.72. The van der Waals surface area contributed by atoms with Crippen molar-refractivity contribution in [1.29, 1.82) is 0 Å². The van der Waals surface area contributed by atoms with Crippen molar-refractivity contribution in [3.05, 3.63) is 0 Å². The molecule has 0 amide bonds. The molecule has 0 aromatic heterocycles. The van der Waals surface area contributed by atoms with Gasteiger partial charge in [-0.05, 0) is 24.7 Å². The first kappa shape index (κ1) is 9.79. The van der Waals surface area contributed by atoms with Gasteiger partial charge in [0.25, 0.3) is 0 Å². The molecule has 0 aliphatic heterocycles. The Morgan fingerprint density at radius 2 is 1.62 bits per heavy atom. The van der Waals surface area contributed by atoms with Crippen molar-refractivity contribution < 1.29 is 4.74 Å². The van der Waals surface area contributed by atoms with Crippen LogP contribution >= 0.6 is 11.6 Å². The number of alkyl halides is 1. The first-order chi connectivity index (χ1) is 6.43. The van der Waals surface area contributed by atoms with Crippen molar-refractivity contribution in [3.8, 4) is 0 Å². The maximum Gasteiger partial charge on any atom is 0.0639 e. The van der Waals surface area contributed by atoms with Crippen LogP contribution in [0.3, 0.4) is 0 Å². The summed E-state index contributed by atoms with van der Waals surface area (Å²) in [5.74, 6) is 2.43. The van der Waals surface area contributed by atoms with E-state index in [9.17, 15) is 0 Å². The molecule has 2 heteroatoms. The zero-order chi connectivity index (χ0) is 9.10. The minimum atomic E-state index is 0.580. The highest BCUT2D eigenvalue weighted by Gasteiger charge is 2.49. The Morgan fingerprint density at radius 3 is 2.15 bits per heavy atom. The minimum absolute atomic E-state index is 0.580. The van der Waals surface area contributed by atoms with Crippen LogP contribution in [-0.4, -0.2) is 18.6 Å². The van der Waals surface area contributed by atoms with Gasteiger partial charge in [-0.1, -0.05) is 25.7 Å². The van der Waals surface area contributed by atoms with Gasteiger partial charge in [-0.15, -0.1) is 11.6 Å². The Hall–Kier alpha value is 0.250. The highest BCUT2D eigenvalue weighted by Crippen LogP contribution is 2.49.